The van der Waals surface area contributed by atoms with Crippen molar-refractivity contribution in [2.24, 2.45) is 21.5 Å². The Kier molecular flexibility index (Phi) is 6.88. The van der Waals surface area contributed by atoms with Crippen LogP contribution in [0.3, 0.4) is 0 Å². The molecule has 2 atom stereocenters. The Morgan fingerprint density at radius 3 is 2.39 bits per heavy atom. The number of aromatic nitrogens is 1. The Morgan fingerprint density at radius 2 is 1.79 bits per heavy atom. The van der Waals surface area contributed by atoms with Crippen molar-refractivity contribution in [1.29, 1.82) is 0 Å². The summed E-state index contributed by atoms with van der Waals surface area (Å²) in [5, 5.41) is 11.8. The van der Waals surface area contributed by atoms with Crippen LogP contribution in [0.15, 0.2) is 58.8 Å². The van der Waals surface area contributed by atoms with Gasteiger partial charge in [0.15, 0.2) is 10.3 Å². The first-order chi connectivity index (χ1) is 13.5. The molecule has 2 unspecified atom stereocenters. The van der Waals surface area contributed by atoms with Crippen LogP contribution in [0.25, 0.3) is 0 Å². The molecule has 0 saturated carbocycles. The minimum Gasteiger partial charge on any atom is -0.379 e. The first-order valence-electron chi connectivity index (χ1n) is 8.56. The number of nitrogens with zero attached hydrogens (tertiary/aromatic N) is 4. The lowest BCUT2D eigenvalue weighted by atomic mass is 10.1. The summed E-state index contributed by atoms with van der Waals surface area (Å²) in [6, 6.07) is 10.9. The molecule has 1 aromatic carbocycles. The summed E-state index contributed by atoms with van der Waals surface area (Å²) in [6.45, 7) is 0. The molecule has 4 N–H and O–H groups in total. The van der Waals surface area contributed by atoms with E-state index >= 15 is 0 Å². The van der Waals surface area contributed by atoms with Crippen molar-refractivity contribution in [1.82, 2.24) is 4.98 Å². The highest BCUT2D eigenvalue weighted by atomic mass is 32.2. The van der Waals surface area contributed by atoms with Crippen LogP contribution >= 0.6 is 23.5 Å². The maximum absolute atomic E-state index is 10.6. The van der Waals surface area contributed by atoms with Crippen molar-refractivity contribution >= 4 is 39.5 Å². The van der Waals surface area contributed by atoms with E-state index in [9.17, 15) is 10.1 Å². The topological polar surface area (TPSA) is 133 Å². The van der Waals surface area contributed by atoms with E-state index in [1.54, 1.807) is 23.9 Å². The van der Waals surface area contributed by atoms with Crippen molar-refractivity contribution in [3.05, 3.63) is 70.0 Å². The average Bonchev–Trinajstić information content (AvgIpc) is 3.31. The van der Waals surface area contributed by atoms with Gasteiger partial charge in [0.25, 0.3) is 5.69 Å². The van der Waals surface area contributed by atoms with Gasteiger partial charge in [-0.05, 0) is 29.7 Å². The number of hydrogen-bond donors (Lipinski definition) is 2. The SMILES string of the molecule is NC1=NC(Cc2ccncc2)CS1.NC1=NC(c2cccc([N+](=O)[O-])c2)CS1. The second kappa shape index (κ2) is 9.56. The zero-order valence-corrected chi connectivity index (χ0v) is 16.6. The summed E-state index contributed by atoms with van der Waals surface area (Å²) in [6.07, 6.45) is 4.59. The second-order valence-corrected chi connectivity index (χ2v) is 8.22. The quantitative estimate of drug-likeness (QED) is 0.578. The van der Waals surface area contributed by atoms with Gasteiger partial charge in [-0.1, -0.05) is 35.7 Å². The van der Waals surface area contributed by atoms with Crippen LogP contribution in [0.1, 0.15) is 17.2 Å². The lowest BCUT2D eigenvalue weighted by Gasteiger charge is -2.04. The number of nitro benzene ring substituents is 1. The van der Waals surface area contributed by atoms with E-state index in [2.05, 4.69) is 15.0 Å². The van der Waals surface area contributed by atoms with E-state index in [4.69, 9.17) is 11.5 Å². The first-order valence-corrected chi connectivity index (χ1v) is 10.5. The van der Waals surface area contributed by atoms with Gasteiger partial charge in [0.2, 0.25) is 0 Å². The molecule has 28 heavy (non-hydrogen) atoms. The molecule has 0 saturated heterocycles. The Balaban J connectivity index is 0.000000162. The number of pyridine rings is 1. The molecule has 2 aliphatic heterocycles. The molecule has 4 rings (SSSR count). The van der Waals surface area contributed by atoms with Crippen LogP contribution in [0, 0.1) is 10.1 Å². The summed E-state index contributed by atoms with van der Waals surface area (Å²) in [5.74, 6) is 1.77. The van der Waals surface area contributed by atoms with E-state index in [-0.39, 0.29) is 11.7 Å². The number of rotatable bonds is 4. The first kappa shape index (κ1) is 20.2. The Labute approximate surface area is 171 Å². The van der Waals surface area contributed by atoms with E-state index in [1.165, 1.54) is 23.4 Å². The van der Waals surface area contributed by atoms with Crippen LogP contribution < -0.4 is 11.5 Å². The van der Waals surface area contributed by atoms with Gasteiger partial charge in [-0.3, -0.25) is 25.1 Å². The number of thioether (sulfide) groups is 2. The van der Waals surface area contributed by atoms with Crippen molar-refractivity contribution < 1.29 is 4.92 Å². The van der Waals surface area contributed by atoms with Crippen LogP contribution in [0.2, 0.25) is 0 Å². The number of nitro groups is 1. The summed E-state index contributed by atoms with van der Waals surface area (Å²) < 4.78 is 0. The van der Waals surface area contributed by atoms with Gasteiger partial charge in [0, 0.05) is 36.0 Å². The van der Waals surface area contributed by atoms with Gasteiger partial charge >= 0.3 is 0 Å². The van der Waals surface area contributed by atoms with Gasteiger partial charge in [0.1, 0.15) is 0 Å². The number of non-ortho nitro benzene ring substituents is 1. The highest BCUT2D eigenvalue weighted by Gasteiger charge is 2.19. The van der Waals surface area contributed by atoms with Gasteiger partial charge in [-0.15, -0.1) is 0 Å². The summed E-state index contributed by atoms with van der Waals surface area (Å²) in [4.78, 5) is 22.7. The highest BCUT2D eigenvalue weighted by molar-refractivity contribution is 8.14. The number of aliphatic imine (C=N–C) groups is 2. The Hall–Kier alpha value is -2.59. The molecule has 0 amide bonds. The third-order valence-electron chi connectivity index (χ3n) is 4.09. The number of hydrogen-bond acceptors (Lipinski definition) is 9. The van der Waals surface area contributed by atoms with E-state index in [1.807, 2.05) is 30.6 Å². The largest absolute Gasteiger partial charge is 0.379 e. The standard InChI is InChI=1S/C9H9N3O2S.C9H11N3S/c10-9-11-8(5-15-9)6-2-1-3-7(4-6)12(13)14;10-9-12-8(6-13-9)5-7-1-3-11-4-2-7/h1-4,8H,5H2,(H2,10,11);1-4,8H,5-6H2,(H2,10,12). The van der Waals surface area contributed by atoms with Gasteiger partial charge in [-0.2, -0.15) is 0 Å². The van der Waals surface area contributed by atoms with E-state index in [0.717, 1.165) is 28.7 Å². The monoisotopic (exact) mass is 416 g/mol. The normalized spacial score (nSPS) is 20.7. The van der Waals surface area contributed by atoms with E-state index < -0.39 is 4.92 Å². The minimum atomic E-state index is -0.404. The third-order valence-corrected chi connectivity index (χ3v) is 5.93. The summed E-state index contributed by atoms with van der Waals surface area (Å²) >= 11 is 3.11. The lowest BCUT2D eigenvalue weighted by Crippen LogP contribution is -2.08. The molecule has 2 aromatic rings. The molecule has 1 aromatic heterocycles. The van der Waals surface area contributed by atoms with Gasteiger partial charge in [-0.25, -0.2) is 0 Å². The second-order valence-electron chi connectivity index (χ2n) is 6.14. The van der Waals surface area contributed by atoms with Crippen molar-refractivity contribution in [2.45, 2.75) is 18.5 Å². The smallest absolute Gasteiger partial charge is 0.269 e. The molecule has 0 bridgehead atoms. The zero-order valence-electron chi connectivity index (χ0n) is 15.0. The van der Waals surface area contributed by atoms with Crippen LogP contribution in [0.4, 0.5) is 5.69 Å². The number of nitrogens with two attached hydrogens (primary N) is 2. The Morgan fingerprint density at radius 1 is 1.07 bits per heavy atom. The molecule has 0 fully saturated rings. The fourth-order valence-electron chi connectivity index (χ4n) is 2.74. The van der Waals surface area contributed by atoms with Crippen molar-refractivity contribution in [3.8, 4) is 0 Å². The number of benzene rings is 1. The molecule has 0 spiro atoms. The van der Waals surface area contributed by atoms with Crippen LogP contribution in [0.5, 0.6) is 0 Å². The summed E-state index contributed by atoms with van der Waals surface area (Å²) in [5.41, 5.74) is 13.3. The third kappa shape index (κ3) is 5.70. The maximum Gasteiger partial charge on any atom is 0.269 e. The molecule has 146 valence electrons. The fraction of sp³-hybridized carbons (Fsp3) is 0.278. The zero-order chi connectivity index (χ0) is 19.9. The van der Waals surface area contributed by atoms with E-state index in [0.29, 0.717) is 11.2 Å². The molecule has 2 aliphatic rings. The predicted molar refractivity (Wildman–Crippen MR) is 116 cm³/mol. The maximum atomic E-state index is 10.6. The van der Waals surface area contributed by atoms with Crippen molar-refractivity contribution in [3.63, 3.8) is 0 Å². The average molecular weight is 417 g/mol. The molecular formula is C18H20N6O2S2. The molecule has 0 radical (unpaired) electrons. The predicted octanol–water partition coefficient (Wildman–Crippen LogP) is 2.75. The van der Waals surface area contributed by atoms with Crippen molar-refractivity contribution in [2.75, 3.05) is 11.5 Å². The lowest BCUT2D eigenvalue weighted by molar-refractivity contribution is -0.384. The molecule has 10 heteroatoms. The van der Waals surface area contributed by atoms with Crippen LogP contribution in [-0.4, -0.2) is 37.8 Å². The van der Waals surface area contributed by atoms with Crippen LogP contribution in [-0.2, 0) is 6.42 Å². The molecule has 3 heterocycles. The highest BCUT2D eigenvalue weighted by Crippen LogP contribution is 2.30. The van der Waals surface area contributed by atoms with Gasteiger partial charge in [0.05, 0.1) is 17.0 Å². The van der Waals surface area contributed by atoms with Gasteiger partial charge < -0.3 is 11.5 Å². The minimum absolute atomic E-state index is 0.0464. The molecule has 8 nitrogen and oxygen atoms in total. The number of amidine groups is 2. The summed E-state index contributed by atoms with van der Waals surface area (Å²) in [7, 11) is 0. The molecule has 0 aliphatic carbocycles. The fourth-order valence-corrected chi connectivity index (χ4v) is 4.32. The Bertz CT molecular complexity index is 891. The molecular weight excluding hydrogens is 396 g/mol.